The lowest BCUT2D eigenvalue weighted by molar-refractivity contribution is 0.0158. The van der Waals surface area contributed by atoms with Gasteiger partial charge in [0, 0.05) is 37.0 Å². The Morgan fingerprint density at radius 1 is 1.12 bits per heavy atom. The van der Waals surface area contributed by atoms with E-state index in [2.05, 4.69) is 4.90 Å². The van der Waals surface area contributed by atoms with E-state index >= 15 is 0 Å². The third-order valence-electron chi connectivity index (χ3n) is 4.39. The van der Waals surface area contributed by atoms with Crippen molar-refractivity contribution in [2.75, 3.05) is 13.1 Å². The number of carbonyl (C=O) groups is 2. The number of fused-ring (bicyclic) bond motifs is 2. The van der Waals surface area contributed by atoms with E-state index in [-0.39, 0.29) is 24.0 Å². The molecule has 0 N–H and O–H groups in total. The highest BCUT2D eigenvalue weighted by Gasteiger charge is 2.45. The summed E-state index contributed by atoms with van der Waals surface area (Å²) in [5.74, 6) is 0.00220. The molecule has 2 bridgehead atoms. The molecule has 128 valence electrons. The molecule has 0 radical (unpaired) electrons. The highest BCUT2D eigenvalue weighted by molar-refractivity contribution is 6.04. The quantitative estimate of drug-likeness (QED) is 0.632. The Hall–Kier alpha value is -2.30. The predicted octanol–water partition coefficient (Wildman–Crippen LogP) is 3.08. The molecule has 1 aromatic carbocycles. The van der Waals surface area contributed by atoms with Gasteiger partial charge in [0.25, 0.3) is 0 Å². The summed E-state index contributed by atoms with van der Waals surface area (Å²) >= 11 is 0. The summed E-state index contributed by atoms with van der Waals surface area (Å²) in [4.78, 5) is 28.3. The van der Waals surface area contributed by atoms with Crippen molar-refractivity contribution >= 4 is 11.9 Å². The summed E-state index contributed by atoms with van der Waals surface area (Å²) in [6.45, 7) is 7.04. The molecule has 2 aliphatic rings. The van der Waals surface area contributed by atoms with Gasteiger partial charge in [-0.25, -0.2) is 4.79 Å². The number of ether oxygens (including phenoxy) is 1. The number of benzene rings is 1. The molecule has 3 rings (SSSR count). The van der Waals surface area contributed by atoms with Gasteiger partial charge in [-0.05, 0) is 27.2 Å². The predicted molar refractivity (Wildman–Crippen MR) is 91.8 cm³/mol. The fourth-order valence-corrected chi connectivity index (χ4v) is 3.29. The van der Waals surface area contributed by atoms with Crippen molar-refractivity contribution in [1.29, 1.82) is 0 Å². The molecule has 2 aliphatic heterocycles. The Morgan fingerprint density at radius 2 is 1.83 bits per heavy atom. The Kier molecular flexibility index (Phi) is 4.35. The van der Waals surface area contributed by atoms with Crippen molar-refractivity contribution in [3.8, 4) is 0 Å². The second-order valence-electron chi connectivity index (χ2n) is 7.42. The van der Waals surface area contributed by atoms with Gasteiger partial charge in [-0.2, -0.15) is 0 Å². The third kappa shape index (κ3) is 3.61. The first-order valence-corrected chi connectivity index (χ1v) is 8.36. The number of hydrogen-bond acceptors (Lipinski definition) is 4. The van der Waals surface area contributed by atoms with Crippen LogP contribution in [0.1, 0.15) is 37.6 Å². The summed E-state index contributed by atoms with van der Waals surface area (Å²) in [6.07, 6.45) is 4.18. The average Bonchev–Trinajstić information content (AvgIpc) is 3.12. The van der Waals surface area contributed by atoms with Gasteiger partial charge in [0.15, 0.2) is 5.78 Å². The van der Waals surface area contributed by atoms with Crippen LogP contribution in [0.3, 0.4) is 0 Å². The Labute approximate surface area is 142 Å². The summed E-state index contributed by atoms with van der Waals surface area (Å²) in [6, 6.07) is 9.67. The maximum atomic E-state index is 12.2. The van der Waals surface area contributed by atoms with Crippen molar-refractivity contribution in [3.05, 3.63) is 48.2 Å². The van der Waals surface area contributed by atoms with E-state index in [0.717, 1.165) is 13.0 Å². The average molecular weight is 328 g/mol. The highest BCUT2D eigenvalue weighted by Crippen LogP contribution is 2.32. The van der Waals surface area contributed by atoms with Gasteiger partial charge in [0.05, 0.1) is 6.04 Å². The highest BCUT2D eigenvalue weighted by atomic mass is 16.6. The molecule has 2 saturated heterocycles. The zero-order valence-electron chi connectivity index (χ0n) is 14.4. The molecule has 24 heavy (non-hydrogen) atoms. The van der Waals surface area contributed by atoms with E-state index in [1.807, 2.05) is 62.2 Å². The standard InChI is InChI=1S/C19H24N2O3/c1-19(2,3)24-18(23)21-13-15-11-16(21)12-20(15)10-9-17(22)14-7-5-4-6-8-14/h4-10,15-16H,11-13H2,1-3H3/b10-9+. The molecule has 1 aromatic rings. The number of nitrogens with zero attached hydrogens (tertiary/aromatic N) is 2. The largest absolute Gasteiger partial charge is 0.444 e. The molecule has 1 amide bonds. The van der Waals surface area contributed by atoms with Crippen LogP contribution in [0, 0.1) is 0 Å². The lowest BCUT2D eigenvalue weighted by Crippen LogP contribution is -2.48. The number of carbonyl (C=O) groups excluding carboxylic acids is 2. The number of piperazine rings is 1. The molecule has 5 heteroatoms. The van der Waals surface area contributed by atoms with Crippen molar-refractivity contribution in [2.45, 2.75) is 44.9 Å². The Bertz CT molecular complexity index is 648. The molecule has 2 unspecified atom stereocenters. The molecule has 2 fully saturated rings. The van der Waals surface area contributed by atoms with Gasteiger partial charge >= 0.3 is 6.09 Å². The molecule has 2 heterocycles. The van der Waals surface area contributed by atoms with Crippen LogP contribution in [0.5, 0.6) is 0 Å². The number of amides is 1. The number of ketones is 1. The lowest BCUT2D eigenvalue weighted by Gasteiger charge is -2.34. The van der Waals surface area contributed by atoms with Crippen LogP contribution < -0.4 is 0 Å². The lowest BCUT2D eigenvalue weighted by atomic mass is 10.1. The molecular weight excluding hydrogens is 304 g/mol. The molecule has 2 atom stereocenters. The smallest absolute Gasteiger partial charge is 0.410 e. The first-order valence-electron chi connectivity index (χ1n) is 8.36. The van der Waals surface area contributed by atoms with E-state index in [9.17, 15) is 9.59 Å². The maximum absolute atomic E-state index is 12.2. The fourth-order valence-electron chi connectivity index (χ4n) is 3.29. The van der Waals surface area contributed by atoms with Gasteiger partial charge in [-0.15, -0.1) is 0 Å². The fraction of sp³-hybridized carbons (Fsp3) is 0.474. The van der Waals surface area contributed by atoms with Gasteiger partial charge in [-0.3, -0.25) is 4.79 Å². The van der Waals surface area contributed by atoms with E-state index in [1.54, 1.807) is 6.08 Å². The van der Waals surface area contributed by atoms with Crippen LogP contribution in [0.15, 0.2) is 42.6 Å². The van der Waals surface area contributed by atoms with Crippen molar-refractivity contribution in [1.82, 2.24) is 9.80 Å². The van der Waals surface area contributed by atoms with Crippen molar-refractivity contribution in [2.24, 2.45) is 0 Å². The van der Waals surface area contributed by atoms with Gasteiger partial charge < -0.3 is 14.5 Å². The first-order chi connectivity index (χ1) is 11.3. The maximum Gasteiger partial charge on any atom is 0.410 e. The monoisotopic (exact) mass is 328 g/mol. The topological polar surface area (TPSA) is 49.9 Å². The van der Waals surface area contributed by atoms with Crippen LogP contribution >= 0.6 is 0 Å². The minimum atomic E-state index is -0.472. The second-order valence-corrected chi connectivity index (χ2v) is 7.42. The molecule has 0 saturated carbocycles. The van der Waals surface area contributed by atoms with Gasteiger partial charge in [-0.1, -0.05) is 30.3 Å². The van der Waals surface area contributed by atoms with Crippen molar-refractivity contribution in [3.63, 3.8) is 0 Å². The summed E-state index contributed by atoms with van der Waals surface area (Å²) in [5, 5.41) is 0. The van der Waals surface area contributed by atoms with Crippen LogP contribution in [0.2, 0.25) is 0 Å². The minimum absolute atomic E-state index is 0.00220. The van der Waals surface area contributed by atoms with Crippen LogP contribution in [0.25, 0.3) is 0 Å². The summed E-state index contributed by atoms with van der Waals surface area (Å²) < 4.78 is 5.46. The first kappa shape index (κ1) is 16.6. The summed E-state index contributed by atoms with van der Waals surface area (Å²) in [7, 11) is 0. The zero-order valence-corrected chi connectivity index (χ0v) is 14.4. The number of allylic oxidation sites excluding steroid dienone is 1. The van der Waals surface area contributed by atoms with E-state index in [1.165, 1.54) is 0 Å². The minimum Gasteiger partial charge on any atom is -0.444 e. The third-order valence-corrected chi connectivity index (χ3v) is 4.39. The molecule has 0 spiro atoms. The number of likely N-dealkylation sites (tertiary alicyclic amines) is 2. The zero-order chi connectivity index (χ0) is 17.3. The van der Waals surface area contributed by atoms with Crippen LogP contribution in [-0.2, 0) is 4.74 Å². The van der Waals surface area contributed by atoms with E-state index < -0.39 is 5.60 Å². The molecular formula is C19H24N2O3. The van der Waals surface area contributed by atoms with Gasteiger partial charge in [0.2, 0.25) is 0 Å². The molecule has 0 aromatic heterocycles. The molecule has 0 aliphatic carbocycles. The number of hydrogen-bond donors (Lipinski definition) is 0. The molecule has 5 nitrogen and oxygen atoms in total. The van der Waals surface area contributed by atoms with Crippen LogP contribution in [-0.4, -0.2) is 52.5 Å². The SMILES string of the molecule is CC(C)(C)OC(=O)N1CC2CC1CN2/C=C/C(=O)c1ccccc1. The summed E-state index contributed by atoms with van der Waals surface area (Å²) in [5.41, 5.74) is 0.217. The van der Waals surface area contributed by atoms with Crippen molar-refractivity contribution < 1.29 is 14.3 Å². The second kappa shape index (κ2) is 6.30. The normalized spacial score (nSPS) is 23.1. The van der Waals surface area contributed by atoms with Crippen LogP contribution in [0.4, 0.5) is 4.79 Å². The Balaban J connectivity index is 1.57. The Morgan fingerprint density at radius 3 is 2.42 bits per heavy atom. The van der Waals surface area contributed by atoms with E-state index in [0.29, 0.717) is 12.1 Å². The number of rotatable bonds is 3. The van der Waals surface area contributed by atoms with Gasteiger partial charge in [0.1, 0.15) is 5.60 Å². The van der Waals surface area contributed by atoms with E-state index in [4.69, 9.17) is 4.74 Å².